The van der Waals surface area contributed by atoms with E-state index in [1.54, 1.807) is 11.0 Å². The van der Waals surface area contributed by atoms with Crippen molar-refractivity contribution in [1.82, 2.24) is 10.2 Å². The summed E-state index contributed by atoms with van der Waals surface area (Å²) in [5.74, 6) is 0.238. The van der Waals surface area contributed by atoms with Gasteiger partial charge in [0.25, 0.3) is 0 Å². The highest BCUT2D eigenvalue weighted by Crippen LogP contribution is 2.01. The molecular weight excluding hydrogens is 164 g/mol. The molecule has 3 heteroatoms. The van der Waals surface area contributed by atoms with Crippen LogP contribution in [0.25, 0.3) is 0 Å². The van der Waals surface area contributed by atoms with Gasteiger partial charge in [-0.1, -0.05) is 13.0 Å². The molecule has 0 bridgehead atoms. The zero-order valence-corrected chi connectivity index (χ0v) is 8.84. The molecule has 0 aliphatic rings. The normalized spacial score (nSPS) is 12.2. The molecule has 0 saturated carbocycles. The Morgan fingerprint density at radius 2 is 2.31 bits per heavy atom. The van der Waals surface area contributed by atoms with Crippen LogP contribution in [0.5, 0.6) is 0 Å². The third kappa shape index (κ3) is 4.08. The van der Waals surface area contributed by atoms with Crippen LogP contribution in [-0.4, -0.2) is 37.5 Å². The molecule has 1 atom stereocenters. The summed E-state index contributed by atoms with van der Waals surface area (Å²) in [6.07, 6.45) is 1.76. The van der Waals surface area contributed by atoms with Crippen LogP contribution in [0.15, 0.2) is 12.7 Å². The standard InChI is InChI=1S/C10H20N2O/c1-5-7-12(6-2)10(13)9(3)8-11-4/h5,9,11H,1,6-8H2,2-4H3. The number of carbonyl (C=O) groups is 1. The lowest BCUT2D eigenvalue weighted by atomic mass is 10.1. The molecule has 0 aliphatic heterocycles. The first-order valence-electron chi connectivity index (χ1n) is 4.71. The number of rotatable bonds is 6. The van der Waals surface area contributed by atoms with Crippen molar-refractivity contribution in [1.29, 1.82) is 0 Å². The molecule has 0 saturated heterocycles. The first-order valence-corrected chi connectivity index (χ1v) is 4.71. The molecule has 0 heterocycles. The van der Waals surface area contributed by atoms with Crippen LogP contribution in [0.1, 0.15) is 13.8 Å². The average Bonchev–Trinajstić information content (AvgIpc) is 2.13. The summed E-state index contributed by atoms with van der Waals surface area (Å²) in [7, 11) is 1.85. The Morgan fingerprint density at radius 3 is 2.69 bits per heavy atom. The monoisotopic (exact) mass is 184 g/mol. The molecule has 0 aromatic carbocycles. The smallest absolute Gasteiger partial charge is 0.226 e. The van der Waals surface area contributed by atoms with Crippen molar-refractivity contribution in [2.45, 2.75) is 13.8 Å². The Bertz CT molecular complexity index is 168. The van der Waals surface area contributed by atoms with Gasteiger partial charge in [-0.05, 0) is 14.0 Å². The Kier molecular flexibility index (Phi) is 6.24. The molecule has 0 fully saturated rings. The molecule has 0 rings (SSSR count). The van der Waals surface area contributed by atoms with Gasteiger partial charge >= 0.3 is 0 Å². The Balaban J connectivity index is 4.09. The fourth-order valence-corrected chi connectivity index (χ4v) is 1.24. The molecule has 3 nitrogen and oxygen atoms in total. The number of nitrogens with zero attached hydrogens (tertiary/aromatic N) is 1. The van der Waals surface area contributed by atoms with E-state index in [0.717, 1.165) is 13.1 Å². The van der Waals surface area contributed by atoms with Crippen molar-refractivity contribution < 1.29 is 4.79 Å². The minimum Gasteiger partial charge on any atom is -0.339 e. The molecule has 0 aliphatic carbocycles. The molecule has 1 unspecified atom stereocenters. The van der Waals surface area contributed by atoms with Gasteiger partial charge in [-0.25, -0.2) is 0 Å². The predicted octanol–water partition coefficient (Wildman–Crippen LogP) is 0.876. The number of likely N-dealkylation sites (N-methyl/N-ethyl adjacent to an activating group) is 1. The lowest BCUT2D eigenvalue weighted by molar-refractivity contribution is -0.134. The van der Waals surface area contributed by atoms with E-state index in [4.69, 9.17) is 0 Å². The Morgan fingerprint density at radius 1 is 1.69 bits per heavy atom. The largest absolute Gasteiger partial charge is 0.339 e. The van der Waals surface area contributed by atoms with Crippen molar-refractivity contribution >= 4 is 5.91 Å². The minimum atomic E-state index is 0.0462. The maximum Gasteiger partial charge on any atom is 0.226 e. The summed E-state index contributed by atoms with van der Waals surface area (Å²) >= 11 is 0. The summed E-state index contributed by atoms with van der Waals surface area (Å²) < 4.78 is 0. The molecule has 1 amide bonds. The molecule has 13 heavy (non-hydrogen) atoms. The molecule has 0 radical (unpaired) electrons. The van der Waals surface area contributed by atoms with E-state index in [-0.39, 0.29) is 11.8 Å². The van der Waals surface area contributed by atoms with Crippen LogP contribution >= 0.6 is 0 Å². The minimum absolute atomic E-state index is 0.0462. The van der Waals surface area contributed by atoms with Gasteiger partial charge in [0.2, 0.25) is 5.91 Å². The van der Waals surface area contributed by atoms with Gasteiger partial charge in [-0.2, -0.15) is 0 Å². The van der Waals surface area contributed by atoms with Gasteiger partial charge in [0.15, 0.2) is 0 Å². The van der Waals surface area contributed by atoms with Crippen molar-refractivity contribution in [3.05, 3.63) is 12.7 Å². The number of nitrogens with one attached hydrogen (secondary N) is 1. The highest BCUT2D eigenvalue weighted by Gasteiger charge is 2.16. The second-order valence-corrected chi connectivity index (χ2v) is 3.12. The van der Waals surface area contributed by atoms with Gasteiger partial charge in [0.05, 0.1) is 0 Å². The van der Waals surface area contributed by atoms with E-state index in [2.05, 4.69) is 11.9 Å². The van der Waals surface area contributed by atoms with Gasteiger partial charge in [0.1, 0.15) is 0 Å². The highest BCUT2D eigenvalue weighted by atomic mass is 16.2. The molecular formula is C10H20N2O. The fraction of sp³-hybridized carbons (Fsp3) is 0.700. The van der Waals surface area contributed by atoms with Gasteiger partial charge in [0, 0.05) is 25.6 Å². The van der Waals surface area contributed by atoms with Crippen LogP contribution < -0.4 is 5.32 Å². The maximum atomic E-state index is 11.7. The lowest BCUT2D eigenvalue weighted by Crippen LogP contribution is -2.38. The second kappa shape index (κ2) is 6.66. The van der Waals surface area contributed by atoms with Crippen LogP contribution in [-0.2, 0) is 4.79 Å². The fourth-order valence-electron chi connectivity index (χ4n) is 1.24. The highest BCUT2D eigenvalue weighted by molar-refractivity contribution is 5.78. The van der Waals surface area contributed by atoms with Crippen LogP contribution in [0.3, 0.4) is 0 Å². The zero-order valence-electron chi connectivity index (χ0n) is 8.84. The Labute approximate surface area is 80.8 Å². The third-order valence-electron chi connectivity index (χ3n) is 1.97. The SMILES string of the molecule is C=CCN(CC)C(=O)C(C)CNC. The number of amides is 1. The van der Waals surface area contributed by atoms with Crippen LogP contribution in [0, 0.1) is 5.92 Å². The van der Waals surface area contributed by atoms with E-state index < -0.39 is 0 Å². The van der Waals surface area contributed by atoms with Crippen molar-refractivity contribution in [2.24, 2.45) is 5.92 Å². The molecule has 0 spiro atoms. The number of hydrogen-bond donors (Lipinski definition) is 1. The van der Waals surface area contributed by atoms with E-state index in [1.165, 1.54) is 0 Å². The third-order valence-corrected chi connectivity index (χ3v) is 1.97. The summed E-state index contributed by atoms with van der Waals surface area (Å²) in [5.41, 5.74) is 0. The van der Waals surface area contributed by atoms with E-state index in [1.807, 2.05) is 20.9 Å². The van der Waals surface area contributed by atoms with Crippen molar-refractivity contribution in [3.8, 4) is 0 Å². The zero-order chi connectivity index (χ0) is 10.3. The van der Waals surface area contributed by atoms with E-state index >= 15 is 0 Å². The second-order valence-electron chi connectivity index (χ2n) is 3.12. The van der Waals surface area contributed by atoms with E-state index in [0.29, 0.717) is 6.54 Å². The summed E-state index contributed by atoms with van der Waals surface area (Å²) in [5, 5.41) is 3.00. The first-order chi connectivity index (χ1) is 6.17. The molecule has 0 aromatic rings. The Hall–Kier alpha value is -0.830. The molecule has 1 N–H and O–H groups in total. The molecule has 0 aromatic heterocycles. The van der Waals surface area contributed by atoms with Crippen molar-refractivity contribution in [2.75, 3.05) is 26.7 Å². The van der Waals surface area contributed by atoms with Crippen molar-refractivity contribution in [3.63, 3.8) is 0 Å². The summed E-state index contributed by atoms with van der Waals surface area (Å²) in [4.78, 5) is 13.5. The predicted molar refractivity (Wildman–Crippen MR) is 55.5 cm³/mol. The van der Waals surface area contributed by atoms with Gasteiger partial charge < -0.3 is 10.2 Å². The number of hydrogen-bond acceptors (Lipinski definition) is 2. The van der Waals surface area contributed by atoms with E-state index in [9.17, 15) is 4.79 Å². The van der Waals surface area contributed by atoms with Gasteiger partial charge in [-0.3, -0.25) is 4.79 Å². The first kappa shape index (κ1) is 12.2. The van der Waals surface area contributed by atoms with Gasteiger partial charge in [-0.15, -0.1) is 6.58 Å². The quantitative estimate of drug-likeness (QED) is 0.621. The van der Waals surface area contributed by atoms with Crippen LogP contribution in [0.2, 0.25) is 0 Å². The van der Waals surface area contributed by atoms with Crippen LogP contribution in [0.4, 0.5) is 0 Å². The number of carbonyl (C=O) groups excluding carboxylic acids is 1. The maximum absolute atomic E-state index is 11.7. The summed E-state index contributed by atoms with van der Waals surface area (Å²) in [6.45, 7) is 9.66. The lowest BCUT2D eigenvalue weighted by Gasteiger charge is -2.22. The molecule has 76 valence electrons. The summed E-state index contributed by atoms with van der Waals surface area (Å²) in [6, 6.07) is 0. The topological polar surface area (TPSA) is 32.3 Å². The average molecular weight is 184 g/mol.